The summed E-state index contributed by atoms with van der Waals surface area (Å²) in [5, 5.41) is 0. The van der Waals surface area contributed by atoms with Gasteiger partial charge in [0.15, 0.2) is 17.3 Å². The second-order valence-corrected chi connectivity index (χ2v) is 5.67. The Kier molecular flexibility index (Phi) is 3.34. The van der Waals surface area contributed by atoms with Crippen LogP contribution in [0.5, 0.6) is 0 Å². The quantitative estimate of drug-likeness (QED) is 0.749. The summed E-state index contributed by atoms with van der Waals surface area (Å²) in [4.78, 5) is 19.0. The number of morpholine rings is 1. The number of nitrogen functional groups attached to an aromatic ring is 1. The molecule has 0 saturated carbocycles. The lowest BCUT2D eigenvalue weighted by Gasteiger charge is -2.27. The smallest absolute Gasteiger partial charge is 0.161 e. The molecular weight excluding hydrogens is 292 g/mol. The lowest BCUT2D eigenvalue weighted by Crippen LogP contribution is -2.36. The van der Waals surface area contributed by atoms with E-state index in [1.807, 2.05) is 19.1 Å². The number of nitrogens with two attached hydrogens (primary N) is 1. The van der Waals surface area contributed by atoms with Gasteiger partial charge >= 0.3 is 0 Å². The molecule has 7 nitrogen and oxygen atoms in total. The van der Waals surface area contributed by atoms with Crippen LogP contribution in [0.3, 0.4) is 0 Å². The van der Waals surface area contributed by atoms with Crippen LogP contribution in [0.25, 0.3) is 22.6 Å². The molecule has 3 N–H and O–H groups in total. The molecular formula is C16H18N6O. The van der Waals surface area contributed by atoms with E-state index >= 15 is 0 Å². The van der Waals surface area contributed by atoms with E-state index in [1.54, 1.807) is 6.20 Å². The second kappa shape index (κ2) is 5.51. The lowest BCUT2D eigenvalue weighted by molar-refractivity contribution is 0.122. The normalized spacial score (nSPS) is 15.3. The van der Waals surface area contributed by atoms with Gasteiger partial charge in [0.2, 0.25) is 0 Å². The average Bonchev–Trinajstić information content (AvgIpc) is 2.99. The first-order valence-corrected chi connectivity index (χ1v) is 7.63. The molecule has 3 aromatic rings. The Bertz CT molecular complexity index is 853. The largest absolute Gasteiger partial charge is 0.382 e. The molecule has 1 aliphatic heterocycles. The van der Waals surface area contributed by atoms with Crippen LogP contribution in [0.1, 0.15) is 5.56 Å². The van der Waals surface area contributed by atoms with Crippen LogP contribution in [0.15, 0.2) is 24.4 Å². The van der Waals surface area contributed by atoms with Gasteiger partial charge in [-0.25, -0.2) is 15.0 Å². The van der Waals surface area contributed by atoms with Crippen molar-refractivity contribution in [3.8, 4) is 11.5 Å². The molecule has 2 aromatic heterocycles. The number of aromatic amines is 1. The Hall–Kier alpha value is -2.67. The number of aromatic nitrogens is 4. The maximum atomic E-state index is 6.03. The number of H-pyrrole nitrogens is 1. The molecule has 0 aliphatic carbocycles. The monoisotopic (exact) mass is 310 g/mol. The third-order valence-corrected chi connectivity index (χ3v) is 3.98. The topological polar surface area (TPSA) is 92.9 Å². The van der Waals surface area contributed by atoms with Crippen molar-refractivity contribution in [2.24, 2.45) is 0 Å². The van der Waals surface area contributed by atoms with E-state index in [1.165, 1.54) is 5.56 Å². The average molecular weight is 310 g/mol. The number of aryl methyl sites for hydroxylation is 1. The summed E-state index contributed by atoms with van der Waals surface area (Å²) in [6.45, 7) is 5.05. The third-order valence-electron chi connectivity index (χ3n) is 3.98. The van der Waals surface area contributed by atoms with E-state index in [0.29, 0.717) is 30.5 Å². The summed E-state index contributed by atoms with van der Waals surface area (Å²) in [6.07, 6.45) is 1.71. The Morgan fingerprint density at radius 1 is 1.22 bits per heavy atom. The minimum absolute atomic E-state index is 0.373. The van der Waals surface area contributed by atoms with Crippen molar-refractivity contribution in [3.05, 3.63) is 30.0 Å². The number of hydrogen-bond acceptors (Lipinski definition) is 6. The molecule has 0 atom stereocenters. The van der Waals surface area contributed by atoms with Gasteiger partial charge in [-0.1, -0.05) is 6.07 Å². The van der Waals surface area contributed by atoms with Crippen LogP contribution in [-0.4, -0.2) is 46.2 Å². The molecule has 7 heteroatoms. The number of ether oxygens (including phenoxy) is 1. The van der Waals surface area contributed by atoms with Gasteiger partial charge in [-0.05, 0) is 24.6 Å². The Balaban J connectivity index is 1.76. The molecule has 4 rings (SSSR count). The molecule has 23 heavy (non-hydrogen) atoms. The summed E-state index contributed by atoms with van der Waals surface area (Å²) in [5.41, 5.74) is 9.65. The zero-order chi connectivity index (χ0) is 15.8. The second-order valence-electron chi connectivity index (χ2n) is 5.67. The number of imidazole rings is 1. The van der Waals surface area contributed by atoms with Crippen LogP contribution in [0.4, 0.5) is 11.6 Å². The molecule has 1 fully saturated rings. The van der Waals surface area contributed by atoms with Crippen molar-refractivity contribution in [2.75, 3.05) is 36.9 Å². The standard InChI is InChI=1S/C16H18N6O/c1-10-2-3-11-12(8-10)20-16(19-11)14-15(17)18-9-13(21-14)22-4-6-23-7-5-22/h2-3,8-9H,4-7H2,1H3,(H2,17,18)(H,19,20). The molecule has 1 saturated heterocycles. The first-order chi connectivity index (χ1) is 11.2. The lowest BCUT2D eigenvalue weighted by atomic mass is 10.2. The van der Waals surface area contributed by atoms with Gasteiger partial charge in [0, 0.05) is 13.1 Å². The van der Waals surface area contributed by atoms with Gasteiger partial charge in [-0.3, -0.25) is 0 Å². The van der Waals surface area contributed by atoms with E-state index in [0.717, 1.165) is 29.9 Å². The van der Waals surface area contributed by atoms with Crippen LogP contribution in [0.2, 0.25) is 0 Å². The fourth-order valence-electron chi connectivity index (χ4n) is 2.74. The van der Waals surface area contributed by atoms with Crippen LogP contribution in [0, 0.1) is 6.92 Å². The van der Waals surface area contributed by atoms with E-state index in [4.69, 9.17) is 10.5 Å². The van der Waals surface area contributed by atoms with E-state index in [-0.39, 0.29) is 0 Å². The van der Waals surface area contributed by atoms with Crippen molar-refractivity contribution in [1.29, 1.82) is 0 Å². The van der Waals surface area contributed by atoms with Crippen molar-refractivity contribution in [1.82, 2.24) is 19.9 Å². The third kappa shape index (κ3) is 2.59. The van der Waals surface area contributed by atoms with Crippen molar-refractivity contribution in [2.45, 2.75) is 6.92 Å². The fraction of sp³-hybridized carbons (Fsp3) is 0.312. The highest BCUT2D eigenvalue weighted by Gasteiger charge is 2.17. The molecule has 3 heterocycles. The zero-order valence-electron chi connectivity index (χ0n) is 12.9. The predicted molar refractivity (Wildman–Crippen MR) is 89.3 cm³/mol. The molecule has 118 valence electrons. The molecule has 0 unspecified atom stereocenters. The molecule has 0 spiro atoms. The summed E-state index contributed by atoms with van der Waals surface area (Å²) in [7, 11) is 0. The number of fused-ring (bicyclic) bond motifs is 1. The molecule has 0 bridgehead atoms. The van der Waals surface area contributed by atoms with Crippen LogP contribution in [-0.2, 0) is 4.74 Å². The minimum Gasteiger partial charge on any atom is -0.382 e. The summed E-state index contributed by atoms with van der Waals surface area (Å²) in [5.74, 6) is 1.82. The zero-order valence-corrected chi connectivity index (χ0v) is 12.9. The minimum atomic E-state index is 0.373. The Morgan fingerprint density at radius 2 is 2.04 bits per heavy atom. The fourth-order valence-corrected chi connectivity index (χ4v) is 2.74. The maximum absolute atomic E-state index is 6.03. The van der Waals surface area contributed by atoms with Crippen molar-refractivity contribution < 1.29 is 4.74 Å². The molecule has 0 radical (unpaired) electrons. The van der Waals surface area contributed by atoms with Crippen molar-refractivity contribution >= 4 is 22.7 Å². The highest BCUT2D eigenvalue weighted by molar-refractivity contribution is 5.81. The van der Waals surface area contributed by atoms with Gasteiger partial charge in [-0.2, -0.15) is 0 Å². The highest BCUT2D eigenvalue weighted by atomic mass is 16.5. The SMILES string of the molecule is Cc1ccc2nc(-c3nc(N4CCOCC4)cnc3N)[nH]c2c1. The van der Waals surface area contributed by atoms with E-state index < -0.39 is 0 Å². The molecule has 1 aliphatic rings. The first-order valence-electron chi connectivity index (χ1n) is 7.63. The highest BCUT2D eigenvalue weighted by Crippen LogP contribution is 2.25. The number of anilines is 2. The number of hydrogen-bond donors (Lipinski definition) is 2. The maximum Gasteiger partial charge on any atom is 0.161 e. The Morgan fingerprint density at radius 3 is 2.87 bits per heavy atom. The van der Waals surface area contributed by atoms with Gasteiger partial charge in [-0.15, -0.1) is 0 Å². The van der Waals surface area contributed by atoms with E-state index in [9.17, 15) is 0 Å². The van der Waals surface area contributed by atoms with Crippen molar-refractivity contribution in [3.63, 3.8) is 0 Å². The molecule has 1 aromatic carbocycles. The number of rotatable bonds is 2. The van der Waals surface area contributed by atoms with Crippen LogP contribution >= 0.6 is 0 Å². The summed E-state index contributed by atoms with van der Waals surface area (Å²) >= 11 is 0. The van der Waals surface area contributed by atoms with Gasteiger partial charge in [0.25, 0.3) is 0 Å². The number of nitrogens with zero attached hydrogens (tertiary/aromatic N) is 4. The van der Waals surface area contributed by atoms with Gasteiger partial charge in [0.05, 0.1) is 30.4 Å². The van der Waals surface area contributed by atoms with E-state index in [2.05, 4.69) is 30.9 Å². The van der Waals surface area contributed by atoms with Gasteiger partial charge < -0.3 is 20.4 Å². The predicted octanol–water partition coefficient (Wildman–Crippen LogP) is 1.75. The first kappa shape index (κ1) is 14.0. The van der Waals surface area contributed by atoms with Gasteiger partial charge in [0.1, 0.15) is 5.82 Å². The molecule has 0 amide bonds. The Labute approximate surface area is 133 Å². The number of nitrogens with one attached hydrogen (secondary N) is 1. The van der Waals surface area contributed by atoms with Crippen LogP contribution < -0.4 is 10.6 Å². The number of benzene rings is 1. The summed E-state index contributed by atoms with van der Waals surface area (Å²) in [6, 6.07) is 6.08. The summed E-state index contributed by atoms with van der Waals surface area (Å²) < 4.78 is 5.38.